The molecule has 0 saturated carbocycles. The molecule has 4 rings (SSSR count). The third-order valence-corrected chi connectivity index (χ3v) is 7.86. The second kappa shape index (κ2) is 7.87. The summed E-state index contributed by atoms with van der Waals surface area (Å²) in [5.41, 5.74) is 2.20. The fraction of sp³-hybridized carbons (Fsp3) is 0.571. The van der Waals surface area contributed by atoms with Crippen LogP contribution in [0.15, 0.2) is 35.9 Å². The van der Waals surface area contributed by atoms with Gasteiger partial charge in [0.05, 0.1) is 31.2 Å². The highest BCUT2D eigenvalue weighted by molar-refractivity contribution is 7.91. The lowest BCUT2D eigenvalue weighted by Crippen LogP contribution is -2.62. The number of methoxy groups -OCH3 is 1. The van der Waals surface area contributed by atoms with Crippen LogP contribution < -0.4 is 9.64 Å². The van der Waals surface area contributed by atoms with E-state index in [4.69, 9.17) is 4.74 Å². The van der Waals surface area contributed by atoms with Crippen LogP contribution in [-0.4, -0.2) is 63.0 Å². The Morgan fingerprint density at radius 1 is 1.11 bits per heavy atom. The van der Waals surface area contributed by atoms with E-state index < -0.39 is 9.84 Å². The van der Waals surface area contributed by atoms with Gasteiger partial charge < -0.3 is 9.64 Å². The molecule has 1 amide bonds. The van der Waals surface area contributed by atoms with Crippen molar-refractivity contribution in [1.82, 2.24) is 4.90 Å². The number of carbonyl (C=O) groups excluding carboxylic acids is 1. The smallest absolute Gasteiger partial charge is 0.241 e. The summed E-state index contributed by atoms with van der Waals surface area (Å²) in [4.78, 5) is 16.8. The van der Waals surface area contributed by atoms with Gasteiger partial charge in [-0.2, -0.15) is 0 Å². The quantitative estimate of drug-likeness (QED) is 0.705. The minimum Gasteiger partial charge on any atom is -0.497 e. The maximum absolute atomic E-state index is 13.0. The van der Waals surface area contributed by atoms with Crippen LogP contribution in [0.1, 0.15) is 32.1 Å². The molecule has 0 radical (unpaired) electrons. The zero-order valence-corrected chi connectivity index (χ0v) is 17.2. The van der Waals surface area contributed by atoms with Gasteiger partial charge in [0.1, 0.15) is 5.75 Å². The number of ether oxygens (including phenoxy) is 1. The van der Waals surface area contributed by atoms with Gasteiger partial charge in [-0.3, -0.25) is 9.69 Å². The highest BCUT2D eigenvalue weighted by Gasteiger charge is 2.49. The van der Waals surface area contributed by atoms with E-state index in [0.29, 0.717) is 5.75 Å². The van der Waals surface area contributed by atoms with E-state index in [-0.39, 0.29) is 36.0 Å². The van der Waals surface area contributed by atoms with Crippen molar-refractivity contribution in [3.63, 3.8) is 0 Å². The molecule has 2 heterocycles. The number of sulfone groups is 1. The number of allylic oxidation sites excluding steroid dienone is 1. The van der Waals surface area contributed by atoms with Gasteiger partial charge >= 0.3 is 0 Å². The van der Waals surface area contributed by atoms with Crippen molar-refractivity contribution in [3.8, 4) is 5.75 Å². The standard InChI is InChI=1S/C21H28N2O4S/c1-27-18-9-7-17(8-10-18)23-20-15-28(25,26)14-19(20)22(13-21(23)24)12-11-16-5-3-2-4-6-16/h5,7-10,19-20H,2-4,6,11-15H2,1H3/t19-,20+/m0/s1. The highest BCUT2D eigenvalue weighted by Crippen LogP contribution is 2.33. The Morgan fingerprint density at radius 3 is 2.54 bits per heavy atom. The molecule has 0 bridgehead atoms. The number of amides is 1. The van der Waals surface area contributed by atoms with Gasteiger partial charge in [-0.05, 0) is 56.4 Å². The fourth-order valence-electron chi connectivity index (χ4n) is 4.70. The molecule has 0 N–H and O–H groups in total. The van der Waals surface area contributed by atoms with Crippen LogP contribution in [0, 0.1) is 0 Å². The first-order valence-corrected chi connectivity index (χ1v) is 11.9. The van der Waals surface area contributed by atoms with Crippen LogP contribution in [0.4, 0.5) is 5.69 Å². The van der Waals surface area contributed by atoms with E-state index in [0.717, 1.165) is 31.5 Å². The maximum atomic E-state index is 13.0. The SMILES string of the molecule is COc1ccc(N2C(=O)CN(CCC3=CCCCC3)[C@H]3CS(=O)(=O)C[C@H]32)cc1. The number of piperazine rings is 1. The number of hydrogen-bond acceptors (Lipinski definition) is 5. The van der Waals surface area contributed by atoms with Crippen LogP contribution in [0.25, 0.3) is 0 Å². The molecule has 152 valence electrons. The summed E-state index contributed by atoms with van der Waals surface area (Å²) in [6.45, 7) is 1.03. The van der Waals surface area contributed by atoms with Gasteiger partial charge in [-0.1, -0.05) is 11.6 Å². The number of anilines is 1. The molecule has 0 unspecified atom stereocenters. The van der Waals surface area contributed by atoms with Crippen LogP contribution in [0.3, 0.4) is 0 Å². The molecule has 2 fully saturated rings. The minimum atomic E-state index is -3.16. The van der Waals surface area contributed by atoms with Gasteiger partial charge in [0.15, 0.2) is 9.84 Å². The normalized spacial score (nSPS) is 27.4. The van der Waals surface area contributed by atoms with Crippen molar-refractivity contribution in [2.75, 3.05) is 36.6 Å². The first kappa shape index (κ1) is 19.5. The van der Waals surface area contributed by atoms with Gasteiger partial charge in [0.2, 0.25) is 5.91 Å². The van der Waals surface area contributed by atoms with Crippen LogP contribution in [-0.2, 0) is 14.6 Å². The zero-order chi connectivity index (χ0) is 19.7. The average Bonchev–Trinajstić information content (AvgIpc) is 3.02. The van der Waals surface area contributed by atoms with E-state index in [1.807, 2.05) is 24.3 Å². The summed E-state index contributed by atoms with van der Waals surface area (Å²) in [5, 5.41) is 0. The van der Waals surface area contributed by atoms with Gasteiger partial charge in [-0.15, -0.1) is 0 Å². The molecule has 3 aliphatic rings. The number of carbonyl (C=O) groups is 1. The lowest BCUT2D eigenvalue weighted by atomic mass is 9.96. The number of fused-ring (bicyclic) bond motifs is 1. The molecule has 0 spiro atoms. The minimum absolute atomic E-state index is 0.0267. The van der Waals surface area contributed by atoms with Gasteiger partial charge in [0, 0.05) is 18.3 Å². The molecular formula is C21H28N2O4S. The Balaban J connectivity index is 1.55. The summed E-state index contributed by atoms with van der Waals surface area (Å²) in [6, 6.07) is 6.84. The number of hydrogen-bond donors (Lipinski definition) is 0. The molecule has 0 aromatic heterocycles. The number of rotatable bonds is 5. The van der Waals surface area contributed by atoms with Crippen molar-refractivity contribution >= 4 is 21.4 Å². The Bertz CT molecular complexity index is 863. The monoisotopic (exact) mass is 404 g/mol. The topological polar surface area (TPSA) is 66.9 Å². The van der Waals surface area contributed by atoms with Gasteiger partial charge in [-0.25, -0.2) is 8.42 Å². The third-order valence-electron chi connectivity index (χ3n) is 6.16. The number of nitrogens with zero attached hydrogens (tertiary/aromatic N) is 2. The third kappa shape index (κ3) is 3.96. The van der Waals surface area contributed by atoms with Crippen LogP contribution >= 0.6 is 0 Å². The Morgan fingerprint density at radius 2 is 1.86 bits per heavy atom. The number of benzene rings is 1. The second-order valence-electron chi connectivity index (χ2n) is 8.00. The second-order valence-corrected chi connectivity index (χ2v) is 10.2. The zero-order valence-electron chi connectivity index (χ0n) is 16.3. The Hall–Kier alpha value is -1.86. The Labute approximate surface area is 167 Å². The van der Waals surface area contributed by atoms with Gasteiger partial charge in [0.25, 0.3) is 0 Å². The lowest BCUT2D eigenvalue weighted by molar-refractivity contribution is -0.123. The first-order chi connectivity index (χ1) is 13.5. The average molecular weight is 405 g/mol. The highest BCUT2D eigenvalue weighted by atomic mass is 32.2. The van der Waals surface area contributed by atoms with Crippen molar-refractivity contribution in [2.24, 2.45) is 0 Å². The first-order valence-electron chi connectivity index (χ1n) is 10.1. The summed E-state index contributed by atoms with van der Waals surface area (Å²) < 4.78 is 30.1. The predicted octanol–water partition coefficient (Wildman–Crippen LogP) is 2.40. The van der Waals surface area contributed by atoms with Crippen molar-refractivity contribution in [2.45, 2.75) is 44.2 Å². The van der Waals surface area contributed by atoms with E-state index in [2.05, 4.69) is 11.0 Å². The fourth-order valence-corrected chi connectivity index (χ4v) is 6.68. The Kier molecular flexibility index (Phi) is 5.47. The largest absolute Gasteiger partial charge is 0.497 e. The van der Waals surface area contributed by atoms with Crippen molar-refractivity contribution in [1.29, 1.82) is 0 Å². The molecule has 1 aromatic carbocycles. The predicted molar refractivity (Wildman–Crippen MR) is 109 cm³/mol. The summed E-state index contributed by atoms with van der Waals surface area (Å²) >= 11 is 0. The van der Waals surface area contributed by atoms with Crippen LogP contribution in [0.5, 0.6) is 5.75 Å². The van der Waals surface area contributed by atoms with Crippen LogP contribution in [0.2, 0.25) is 0 Å². The molecule has 6 nitrogen and oxygen atoms in total. The summed E-state index contributed by atoms with van der Waals surface area (Å²) in [6.07, 6.45) is 8.01. The summed E-state index contributed by atoms with van der Waals surface area (Å²) in [7, 11) is -1.56. The lowest BCUT2D eigenvalue weighted by Gasteiger charge is -2.43. The molecule has 2 aliphatic heterocycles. The molecular weight excluding hydrogens is 376 g/mol. The molecule has 7 heteroatoms. The van der Waals surface area contributed by atoms with Crippen molar-refractivity contribution in [3.05, 3.63) is 35.9 Å². The molecule has 2 saturated heterocycles. The van der Waals surface area contributed by atoms with E-state index in [9.17, 15) is 13.2 Å². The van der Waals surface area contributed by atoms with E-state index >= 15 is 0 Å². The summed E-state index contributed by atoms with van der Waals surface area (Å²) in [5.74, 6) is 0.859. The molecule has 28 heavy (non-hydrogen) atoms. The molecule has 1 aliphatic carbocycles. The van der Waals surface area contributed by atoms with E-state index in [1.165, 1.54) is 18.4 Å². The van der Waals surface area contributed by atoms with E-state index in [1.54, 1.807) is 12.0 Å². The maximum Gasteiger partial charge on any atom is 0.241 e. The van der Waals surface area contributed by atoms with Crippen molar-refractivity contribution < 1.29 is 17.9 Å². The molecule has 1 aromatic rings. The molecule has 2 atom stereocenters.